The third-order valence-corrected chi connectivity index (χ3v) is 6.29. The second-order valence-corrected chi connectivity index (χ2v) is 8.31. The fraction of sp³-hybridized carbons (Fsp3) is 0.417. The fourth-order valence-corrected chi connectivity index (χ4v) is 4.48. The fourth-order valence-electron chi connectivity index (χ4n) is 4.48. The Morgan fingerprint density at radius 3 is 2.62 bits per heavy atom. The van der Waals surface area contributed by atoms with Crippen LogP contribution in [-0.4, -0.2) is 56.1 Å². The molecule has 7 nitrogen and oxygen atoms in total. The Labute approximate surface area is 194 Å². The van der Waals surface area contributed by atoms with Gasteiger partial charge in [-0.05, 0) is 55.3 Å². The highest BCUT2D eigenvalue weighted by atomic mass is 35.5. The summed E-state index contributed by atoms with van der Waals surface area (Å²) in [6, 6.07) is 11.8. The first-order chi connectivity index (χ1) is 15.2. The van der Waals surface area contributed by atoms with Gasteiger partial charge >= 0.3 is 0 Å². The molecular weight excluding hydrogens is 430 g/mol. The number of nitrogens with one attached hydrogen (secondary N) is 1. The Morgan fingerprint density at radius 2 is 1.78 bits per heavy atom. The van der Waals surface area contributed by atoms with Crippen LogP contribution in [0.4, 0.5) is 11.4 Å². The van der Waals surface area contributed by atoms with Gasteiger partial charge < -0.3 is 19.7 Å². The van der Waals surface area contributed by atoms with Crippen LogP contribution >= 0.6 is 12.4 Å². The van der Waals surface area contributed by atoms with Gasteiger partial charge in [0.15, 0.2) is 17.3 Å². The highest BCUT2D eigenvalue weighted by Gasteiger charge is 2.21. The van der Waals surface area contributed by atoms with Crippen molar-refractivity contribution in [2.75, 3.05) is 49.7 Å². The average molecular weight is 458 g/mol. The van der Waals surface area contributed by atoms with Gasteiger partial charge in [0.25, 0.3) is 0 Å². The van der Waals surface area contributed by atoms with Crippen LogP contribution in [0.5, 0.6) is 11.5 Å². The lowest BCUT2D eigenvalue weighted by Crippen LogP contribution is -2.46. The van der Waals surface area contributed by atoms with Gasteiger partial charge in [-0.25, -0.2) is 0 Å². The van der Waals surface area contributed by atoms with E-state index < -0.39 is 0 Å². The summed E-state index contributed by atoms with van der Waals surface area (Å²) in [6.45, 7) is 5.13. The van der Waals surface area contributed by atoms with Crippen molar-refractivity contribution < 1.29 is 19.1 Å². The summed E-state index contributed by atoms with van der Waals surface area (Å²) in [5, 5.41) is 2.87. The number of piperazine rings is 1. The smallest absolute Gasteiger partial charge is 0.231 e. The maximum atomic E-state index is 12.6. The van der Waals surface area contributed by atoms with E-state index in [-0.39, 0.29) is 24.1 Å². The summed E-state index contributed by atoms with van der Waals surface area (Å²) in [7, 11) is 0. The molecule has 3 heterocycles. The van der Waals surface area contributed by atoms with Gasteiger partial charge in [0.2, 0.25) is 12.7 Å². The number of hydrogen-bond acceptors (Lipinski definition) is 6. The zero-order chi connectivity index (χ0) is 21.2. The number of carbonyl (C=O) groups excluding carboxylic acids is 2. The number of rotatable bonds is 6. The van der Waals surface area contributed by atoms with Gasteiger partial charge in [-0.15, -0.1) is 12.4 Å². The number of ketones is 1. The summed E-state index contributed by atoms with van der Waals surface area (Å²) in [4.78, 5) is 28.9. The molecule has 0 bridgehead atoms. The van der Waals surface area contributed by atoms with E-state index in [4.69, 9.17) is 9.47 Å². The summed E-state index contributed by atoms with van der Waals surface area (Å²) in [5.41, 5.74) is 3.82. The van der Waals surface area contributed by atoms with Crippen molar-refractivity contribution in [3.63, 3.8) is 0 Å². The number of ether oxygens (including phenoxy) is 2. The van der Waals surface area contributed by atoms with Crippen LogP contribution in [0.2, 0.25) is 0 Å². The largest absolute Gasteiger partial charge is 0.454 e. The van der Waals surface area contributed by atoms with Crippen LogP contribution < -0.4 is 19.7 Å². The Kier molecular flexibility index (Phi) is 6.86. The molecule has 0 radical (unpaired) electrons. The molecule has 1 saturated heterocycles. The van der Waals surface area contributed by atoms with Gasteiger partial charge in [-0.2, -0.15) is 0 Å². The number of hydrogen-bond donors (Lipinski definition) is 1. The first kappa shape index (κ1) is 22.4. The predicted octanol–water partition coefficient (Wildman–Crippen LogP) is 3.51. The number of fused-ring (bicyclic) bond motifs is 2. The van der Waals surface area contributed by atoms with E-state index in [9.17, 15) is 9.59 Å². The van der Waals surface area contributed by atoms with Crippen LogP contribution in [0.3, 0.4) is 0 Å². The number of Topliss-reactive ketones (excluding diaryl/α,β-unsaturated/α-hetero) is 1. The second-order valence-electron chi connectivity index (χ2n) is 8.31. The number of anilines is 2. The minimum atomic E-state index is 0. The van der Waals surface area contributed by atoms with E-state index in [1.54, 1.807) is 0 Å². The van der Waals surface area contributed by atoms with Crippen LogP contribution in [0.1, 0.15) is 35.2 Å². The topological polar surface area (TPSA) is 71.1 Å². The highest BCUT2D eigenvalue weighted by molar-refractivity contribution is 5.99. The van der Waals surface area contributed by atoms with E-state index in [0.717, 1.165) is 67.5 Å². The molecule has 3 aliphatic heterocycles. The monoisotopic (exact) mass is 457 g/mol. The van der Waals surface area contributed by atoms with Gasteiger partial charge in [0.05, 0.1) is 0 Å². The molecule has 5 rings (SSSR count). The summed E-state index contributed by atoms with van der Waals surface area (Å²) in [6.07, 6.45) is 2.60. The molecule has 1 fully saturated rings. The quantitative estimate of drug-likeness (QED) is 0.669. The van der Waals surface area contributed by atoms with E-state index in [0.29, 0.717) is 26.1 Å². The summed E-state index contributed by atoms with van der Waals surface area (Å²) in [5.74, 6) is 1.86. The number of nitrogens with zero attached hydrogens (tertiary/aromatic N) is 2. The van der Waals surface area contributed by atoms with Crippen molar-refractivity contribution in [3.8, 4) is 11.5 Å². The van der Waals surface area contributed by atoms with Crippen molar-refractivity contribution in [1.29, 1.82) is 0 Å². The van der Waals surface area contributed by atoms with Crippen LogP contribution in [0.25, 0.3) is 0 Å². The van der Waals surface area contributed by atoms with Gasteiger partial charge in [0, 0.05) is 62.0 Å². The summed E-state index contributed by atoms with van der Waals surface area (Å²) < 4.78 is 10.9. The van der Waals surface area contributed by atoms with Crippen LogP contribution in [-0.2, 0) is 11.2 Å². The van der Waals surface area contributed by atoms with E-state index >= 15 is 0 Å². The molecule has 1 N–H and O–H groups in total. The van der Waals surface area contributed by atoms with Gasteiger partial charge in [0.1, 0.15) is 0 Å². The first-order valence-corrected chi connectivity index (χ1v) is 11.0. The maximum Gasteiger partial charge on any atom is 0.231 e. The zero-order valence-electron chi connectivity index (χ0n) is 18.0. The maximum absolute atomic E-state index is 12.6. The van der Waals surface area contributed by atoms with E-state index in [2.05, 4.69) is 27.2 Å². The lowest BCUT2D eigenvalue weighted by molar-refractivity contribution is -0.116. The Bertz CT molecular complexity index is 1000. The average Bonchev–Trinajstić information content (AvgIpc) is 3.27. The van der Waals surface area contributed by atoms with E-state index in [1.165, 1.54) is 5.69 Å². The molecule has 0 spiro atoms. The molecule has 1 amide bonds. The molecule has 170 valence electrons. The van der Waals surface area contributed by atoms with Gasteiger partial charge in [-0.3, -0.25) is 14.5 Å². The van der Waals surface area contributed by atoms with Crippen molar-refractivity contribution >= 4 is 35.5 Å². The Morgan fingerprint density at radius 1 is 0.969 bits per heavy atom. The predicted molar refractivity (Wildman–Crippen MR) is 125 cm³/mol. The third kappa shape index (κ3) is 4.84. The minimum Gasteiger partial charge on any atom is -0.454 e. The van der Waals surface area contributed by atoms with Crippen LogP contribution in [0.15, 0.2) is 36.4 Å². The minimum absolute atomic E-state index is 0. The Hall–Kier alpha value is -2.77. The zero-order valence-corrected chi connectivity index (χ0v) is 18.8. The van der Waals surface area contributed by atoms with Crippen molar-refractivity contribution in [2.24, 2.45) is 0 Å². The molecular formula is C24H28ClN3O4. The molecule has 0 unspecified atom stereocenters. The molecule has 3 aliphatic rings. The molecule has 8 heteroatoms. The van der Waals surface area contributed by atoms with Crippen molar-refractivity contribution in [2.45, 2.75) is 25.7 Å². The molecule has 2 aromatic carbocycles. The molecule has 2 aromatic rings. The van der Waals surface area contributed by atoms with Crippen molar-refractivity contribution in [1.82, 2.24) is 4.90 Å². The standard InChI is InChI=1S/C24H27N3O4.ClH/c28-21(18-3-6-20-17(14-18)4-8-24(29)25-20)2-1-9-26-10-12-27(13-11-26)19-5-7-22-23(15-19)31-16-30-22;/h3,5-7,14-15H,1-2,4,8-13,16H2,(H,25,29);1H. The molecule has 32 heavy (non-hydrogen) atoms. The second kappa shape index (κ2) is 9.79. The highest BCUT2D eigenvalue weighted by Crippen LogP contribution is 2.35. The van der Waals surface area contributed by atoms with Gasteiger partial charge in [-0.1, -0.05) is 0 Å². The van der Waals surface area contributed by atoms with Crippen LogP contribution in [0, 0.1) is 0 Å². The number of aryl methyl sites for hydroxylation is 1. The molecule has 0 saturated carbocycles. The molecule has 0 aliphatic carbocycles. The summed E-state index contributed by atoms with van der Waals surface area (Å²) >= 11 is 0. The lowest BCUT2D eigenvalue weighted by atomic mass is 9.97. The lowest BCUT2D eigenvalue weighted by Gasteiger charge is -2.36. The molecule has 0 aromatic heterocycles. The number of halogens is 1. The number of carbonyl (C=O) groups is 2. The van der Waals surface area contributed by atoms with Crippen molar-refractivity contribution in [3.05, 3.63) is 47.5 Å². The first-order valence-electron chi connectivity index (χ1n) is 11.0. The SMILES string of the molecule is Cl.O=C1CCc2cc(C(=O)CCCN3CCN(c4ccc5c(c4)OCO5)CC3)ccc2N1. The van der Waals surface area contributed by atoms with E-state index in [1.807, 2.05) is 24.3 Å². The third-order valence-electron chi connectivity index (χ3n) is 6.29. The number of benzene rings is 2. The Balaban J connectivity index is 0.00000245. The normalized spacial score (nSPS) is 17.4. The number of amides is 1. The molecule has 0 atom stereocenters.